The first-order valence-corrected chi connectivity index (χ1v) is 10.6. The van der Waals surface area contributed by atoms with Gasteiger partial charge in [-0.05, 0) is 29.7 Å². The molecule has 6 heteroatoms. The van der Waals surface area contributed by atoms with Crippen molar-refractivity contribution in [2.75, 3.05) is 11.4 Å². The van der Waals surface area contributed by atoms with Crippen LogP contribution in [0.3, 0.4) is 0 Å². The third-order valence-electron chi connectivity index (χ3n) is 5.34. The number of nitrogens with one attached hydrogen (secondary N) is 1. The quantitative estimate of drug-likeness (QED) is 0.451. The van der Waals surface area contributed by atoms with E-state index in [9.17, 15) is 14.9 Å². The van der Waals surface area contributed by atoms with Gasteiger partial charge in [-0.15, -0.1) is 0 Å². The molecule has 0 bridgehead atoms. The monoisotopic (exact) mass is 441 g/mol. The van der Waals surface area contributed by atoms with Crippen LogP contribution in [0.5, 0.6) is 0 Å². The Labute approximate surface area is 191 Å². The van der Waals surface area contributed by atoms with Gasteiger partial charge in [-0.1, -0.05) is 78.3 Å². The Morgan fingerprint density at radius 2 is 1.66 bits per heavy atom. The second-order valence-corrected chi connectivity index (χ2v) is 7.76. The number of fused-ring (bicyclic) bond motifs is 1. The molecule has 0 aliphatic carbocycles. The molecular weight excluding hydrogens is 422 g/mol. The number of carbonyl (C=O) groups excluding carboxylic acids is 2. The molecule has 1 aliphatic heterocycles. The number of nitriles is 1. The van der Waals surface area contributed by atoms with Gasteiger partial charge in [0, 0.05) is 17.1 Å². The summed E-state index contributed by atoms with van der Waals surface area (Å²) in [5.41, 5.74) is 3.01. The number of halogens is 1. The number of amides is 2. The number of hydrogen-bond acceptors (Lipinski definition) is 3. The minimum absolute atomic E-state index is 0.118. The Hall–Kier alpha value is -3.88. The molecule has 0 atom stereocenters. The van der Waals surface area contributed by atoms with Crippen LogP contribution in [0.15, 0.2) is 84.4 Å². The topological polar surface area (TPSA) is 73.2 Å². The Morgan fingerprint density at radius 3 is 2.41 bits per heavy atom. The second-order valence-electron chi connectivity index (χ2n) is 7.35. The number of anilines is 1. The van der Waals surface area contributed by atoms with Crippen molar-refractivity contribution in [3.63, 3.8) is 0 Å². The maximum absolute atomic E-state index is 13.4. The smallest absolute Gasteiger partial charge is 0.262 e. The van der Waals surface area contributed by atoms with Crippen molar-refractivity contribution in [2.45, 2.75) is 13.0 Å². The summed E-state index contributed by atoms with van der Waals surface area (Å²) in [6, 6.07) is 26.1. The Bertz CT molecular complexity index is 1250. The van der Waals surface area contributed by atoms with Gasteiger partial charge in [-0.3, -0.25) is 9.59 Å². The molecule has 3 aromatic rings. The molecule has 1 heterocycles. The highest BCUT2D eigenvalue weighted by atomic mass is 35.5. The molecule has 4 rings (SSSR count). The van der Waals surface area contributed by atoms with Crippen molar-refractivity contribution < 1.29 is 9.59 Å². The fraction of sp³-hybridized carbons (Fsp3) is 0.115. The standard InChI is InChI=1S/C26H20ClN3O2/c27-22-12-6-4-10-19(22)17-30-23-13-7-5-11-20(23)24(26(30)32)21(16-28)25(31)29-15-14-18-8-2-1-3-9-18/h1-13H,14-15,17H2,(H,29,31). The summed E-state index contributed by atoms with van der Waals surface area (Å²) in [4.78, 5) is 27.8. The highest BCUT2D eigenvalue weighted by Gasteiger charge is 2.36. The molecular formula is C26H20ClN3O2. The molecule has 1 aliphatic rings. The van der Waals surface area contributed by atoms with Gasteiger partial charge in [0.2, 0.25) is 0 Å². The van der Waals surface area contributed by atoms with Crippen LogP contribution in [-0.4, -0.2) is 18.4 Å². The third kappa shape index (κ3) is 4.27. The van der Waals surface area contributed by atoms with Gasteiger partial charge in [0.15, 0.2) is 0 Å². The van der Waals surface area contributed by atoms with E-state index in [0.717, 1.165) is 11.1 Å². The first-order chi connectivity index (χ1) is 15.6. The van der Waals surface area contributed by atoms with E-state index < -0.39 is 5.91 Å². The molecule has 0 saturated heterocycles. The van der Waals surface area contributed by atoms with Gasteiger partial charge in [0.25, 0.3) is 11.8 Å². The summed E-state index contributed by atoms with van der Waals surface area (Å²) >= 11 is 6.30. The molecule has 1 N–H and O–H groups in total. The van der Waals surface area contributed by atoms with Crippen LogP contribution in [0, 0.1) is 11.3 Å². The van der Waals surface area contributed by atoms with Crippen LogP contribution in [0.4, 0.5) is 5.69 Å². The van der Waals surface area contributed by atoms with Crippen LogP contribution in [0.2, 0.25) is 5.02 Å². The molecule has 2 amide bonds. The molecule has 0 fully saturated rings. The molecule has 0 spiro atoms. The maximum atomic E-state index is 13.4. The van der Waals surface area contributed by atoms with E-state index in [1.54, 1.807) is 29.2 Å². The highest BCUT2D eigenvalue weighted by molar-refractivity contribution is 6.37. The lowest BCUT2D eigenvalue weighted by Crippen LogP contribution is -2.30. The predicted molar refractivity (Wildman–Crippen MR) is 125 cm³/mol. The summed E-state index contributed by atoms with van der Waals surface area (Å²) in [6.07, 6.45) is 0.629. The van der Waals surface area contributed by atoms with E-state index >= 15 is 0 Å². The van der Waals surface area contributed by atoms with E-state index in [1.807, 2.05) is 60.7 Å². The van der Waals surface area contributed by atoms with Crippen molar-refractivity contribution in [1.82, 2.24) is 5.32 Å². The summed E-state index contributed by atoms with van der Waals surface area (Å²) in [7, 11) is 0. The Balaban J connectivity index is 1.62. The molecule has 0 radical (unpaired) electrons. The number of rotatable bonds is 6. The molecule has 0 saturated carbocycles. The minimum atomic E-state index is -0.554. The molecule has 5 nitrogen and oxygen atoms in total. The first kappa shape index (κ1) is 21.4. The lowest BCUT2D eigenvalue weighted by Gasteiger charge is -2.18. The van der Waals surface area contributed by atoms with Crippen LogP contribution in [-0.2, 0) is 22.6 Å². The number of benzene rings is 3. The normalized spacial score (nSPS) is 14.0. The summed E-state index contributed by atoms with van der Waals surface area (Å²) in [5, 5.41) is 13.1. The molecule has 0 aromatic heterocycles. The Kier molecular flexibility index (Phi) is 6.34. The minimum Gasteiger partial charge on any atom is -0.351 e. The lowest BCUT2D eigenvalue weighted by molar-refractivity contribution is -0.117. The summed E-state index contributed by atoms with van der Waals surface area (Å²) in [5.74, 6) is -0.943. The van der Waals surface area contributed by atoms with E-state index in [2.05, 4.69) is 5.32 Å². The van der Waals surface area contributed by atoms with Gasteiger partial charge in [0.05, 0.1) is 17.8 Å². The van der Waals surface area contributed by atoms with E-state index in [-0.39, 0.29) is 23.6 Å². The van der Waals surface area contributed by atoms with E-state index in [0.29, 0.717) is 29.2 Å². The zero-order chi connectivity index (χ0) is 22.5. The van der Waals surface area contributed by atoms with Crippen molar-refractivity contribution >= 4 is 34.7 Å². The van der Waals surface area contributed by atoms with Crippen LogP contribution in [0.1, 0.15) is 16.7 Å². The fourth-order valence-electron chi connectivity index (χ4n) is 3.75. The molecule has 32 heavy (non-hydrogen) atoms. The van der Waals surface area contributed by atoms with Gasteiger partial charge in [0.1, 0.15) is 11.6 Å². The number of hydrogen-bond donors (Lipinski definition) is 1. The van der Waals surface area contributed by atoms with E-state index in [1.165, 1.54) is 0 Å². The maximum Gasteiger partial charge on any atom is 0.262 e. The molecule has 158 valence electrons. The van der Waals surface area contributed by atoms with Crippen molar-refractivity contribution in [3.05, 3.63) is 106 Å². The zero-order valence-electron chi connectivity index (χ0n) is 17.2. The van der Waals surface area contributed by atoms with Crippen LogP contribution >= 0.6 is 11.6 Å². The van der Waals surface area contributed by atoms with Crippen LogP contribution in [0.25, 0.3) is 5.57 Å². The van der Waals surface area contributed by atoms with Crippen molar-refractivity contribution in [1.29, 1.82) is 5.26 Å². The number of carbonyl (C=O) groups is 2. The zero-order valence-corrected chi connectivity index (χ0v) is 18.0. The van der Waals surface area contributed by atoms with Crippen LogP contribution < -0.4 is 10.2 Å². The van der Waals surface area contributed by atoms with Crippen molar-refractivity contribution in [3.8, 4) is 6.07 Å². The largest absolute Gasteiger partial charge is 0.351 e. The summed E-state index contributed by atoms with van der Waals surface area (Å²) in [6.45, 7) is 0.605. The molecule has 0 unspecified atom stereocenters. The number of para-hydroxylation sites is 1. The van der Waals surface area contributed by atoms with Gasteiger partial charge >= 0.3 is 0 Å². The second kappa shape index (κ2) is 9.51. The summed E-state index contributed by atoms with van der Waals surface area (Å²) < 4.78 is 0. The average Bonchev–Trinajstić information content (AvgIpc) is 3.08. The van der Waals surface area contributed by atoms with Gasteiger partial charge < -0.3 is 10.2 Å². The van der Waals surface area contributed by atoms with Crippen molar-refractivity contribution in [2.24, 2.45) is 0 Å². The SMILES string of the molecule is N#CC(C(=O)NCCc1ccccc1)=C1C(=O)N(Cc2ccccc2Cl)c2ccccc21. The number of nitrogens with zero attached hydrogens (tertiary/aromatic N) is 2. The van der Waals surface area contributed by atoms with E-state index in [4.69, 9.17) is 11.6 Å². The van der Waals surface area contributed by atoms with Gasteiger partial charge in [-0.2, -0.15) is 5.26 Å². The highest BCUT2D eigenvalue weighted by Crippen LogP contribution is 2.39. The molecule has 3 aromatic carbocycles. The third-order valence-corrected chi connectivity index (χ3v) is 5.71. The fourth-order valence-corrected chi connectivity index (χ4v) is 3.94. The van der Waals surface area contributed by atoms with Gasteiger partial charge in [-0.25, -0.2) is 0 Å². The first-order valence-electron chi connectivity index (χ1n) is 10.2. The lowest BCUT2D eigenvalue weighted by atomic mass is 10.0. The Morgan fingerprint density at radius 1 is 0.969 bits per heavy atom. The predicted octanol–water partition coefficient (Wildman–Crippen LogP) is 4.52. The average molecular weight is 442 g/mol.